The normalized spacial score (nSPS) is 24.0. The fourth-order valence-electron chi connectivity index (χ4n) is 7.31. The van der Waals surface area contributed by atoms with Crippen molar-refractivity contribution in [1.29, 1.82) is 0 Å². The number of aromatic nitrogens is 1. The largest absolute Gasteiger partial charge is 0.334 e. The molecule has 35 heavy (non-hydrogen) atoms. The maximum absolute atomic E-state index is 4.48. The van der Waals surface area contributed by atoms with Crippen LogP contribution in [0.2, 0.25) is 0 Å². The zero-order chi connectivity index (χ0) is 23.8. The Balaban J connectivity index is 1.36. The van der Waals surface area contributed by atoms with Crippen LogP contribution in [0.15, 0.2) is 79.0 Å². The first-order valence-electron chi connectivity index (χ1n) is 13.1. The molecule has 2 heteroatoms. The van der Waals surface area contributed by atoms with Gasteiger partial charge in [0.15, 0.2) is 0 Å². The monoisotopic (exact) mass is 456 g/mol. The molecule has 1 saturated carbocycles. The summed E-state index contributed by atoms with van der Waals surface area (Å²) in [5.74, 6) is 0. The van der Waals surface area contributed by atoms with Crippen LogP contribution in [0.4, 0.5) is 11.4 Å². The van der Waals surface area contributed by atoms with Crippen molar-refractivity contribution in [2.45, 2.75) is 63.8 Å². The Hall–Kier alpha value is -3.39. The van der Waals surface area contributed by atoms with E-state index < -0.39 is 0 Å². The van der Waals surface area contributed by atoms with E-state index in [-0.39, 0.29) is 11.0 Å². The number of aryl methyl sites for hydroxylation is 1. The molecular formula is C33H32N2. The van der Waals surface area contributed by atoms with Crippen molar-refractivity contribution in [3.8, 4) is 22.3 Å². The number of fused-ring (bicyclic) bond motifs is 6. The van der Waals surface area contributed by atoms with Crippen LogP contribution >= 0.6 is 0 Å². The molecule has 174 valence electrons. The summed E-state index contributed by atoms with van der Waals surface area (Å²) in [6.07, 6.45) is 8.04. The van der Waals surface area contributed by atoms with Gasteiger partial charge >= 0.3 is 0 Å². The summed E-state index contributed by atoms with van der Waals surface area (Å²) in [6, 6.07) is 27.6. The molecule has 3 aromatic carbocycles. The van der Waals surface area contributed by atoms with Gasteiger partial charge in [-0.3, -0.25) is 4.98 Å². The molecule has 0 bridgehead atoms. The lowest BCUT2D eigenvalue weighted by Crippen LogP contribution is -2.54. The van der Waals surface area contributed by atoms with Crippen molar-refractivity contribution < 1.29 is 0 Å². The first-order chi connectivity index (χ1) is 17.0. The molecule has 0 spiro atoms. The Bertz CT molecular complexity index is 1480. The molecule has 0 radical (unpaired) electrons. The lowest BCUT2D eigenvalue weighted by molar-refractivity contribution is 0.195. The van der Waals surface area contributed by atoms with Gasteiger partial charge in [0.25, 0.3) is 0 Å². The fourth-order valence-corrected chi connectivity index (χ4v) is 7.31. The van der Waals surface area contributed by atoms with Gasteiger partial charge in [-0.25, -0.2) is 0 Å². The summed E-state index contributed by atoms with van der Waals surface area (Å²) in [5.41, 5.74) is 13.8. The van der Waals surface area contributed by atoms with Crippen molar-refractivity contribution in [3.63, 3.8) is 0 Å². The summed E-state index contributed by atoms with van der Waals surface area (Å²) in [4.78, 5) is 7.12. The molecule has 2 atom stereocenters. The van der Waals surface area contributed by atoms with Crippen molar-refractivity contribution in [2.24, 2.45) is 0 Å². The van der Waals surface area contributed by atoms with Gasteiger partial charge in [-0.05, 0) is 96.3 Å². The topological polar surface area (TPSA) is 16.1 Å². The third-order valence-electron chi connectivity index (χ3n) is 9.37. The molecule has 1 fully saturated rings. The summed E-state index contributed by atoms with van der Waals surface area (Å²) in [7, 11) is 0. The van der Waals surface area contributed by atoms with Crippen molar-refractivity contribution in [2.75, 3.05) is 4.90 Å². The molecule has 0 N–H and O–H groups in total. The Kier molecular flexibility index (Phi) is 4.37. The van der Waals surface area contributed by atoms with E-state index in [0.29, 0.717) is 0 Å². The number of anilines is 2. The highest BCUT2D eigenvalue weighted by Crippen LogP contribution is 2.61. The number of hydrogen-bond acceptors (Lipinski definition) is 2. The maximum Gasteiger partial charge on any atom is 0.0517 e. The molecule has 7 rings (SSSR count). The number of hydrogen-bond donors (Lipinski definition) is 0. The Morgan fingerprint density at radius 3 is 2.43 bits per heavy atom. The van der Waals surface area contributed by atoms with E-state index >= 15 is 0 Å². The molecule has 0 saturated heterocycles. The highest BCUT2D eigenvalue weighted by Gasteiger charge is 2.57. The lowest BCUT2D eigenvalue weighted by atomic mass is 9.61. The van der Waals surface area contributed by atoms with Crippen LogP contribution in [0.25, 0.3) is 22.3 Å². The van der Waals surface area contributed by atoms with Gasteiger partial charge in [0.05, 0.1) is 5.54 Å². The standard InChI is InChI=1S/C33H32N2/c1-22-18-27(14-17-34-22)35-31-13-11-24(21-30(31)32(2)15-6-7-16-33(32,35)3)23-10-12-29-26(19-23)20-25-8-4-5-9-28(25)29/h4-5,8-14,17-19,21H,6-7,15-16,20H2,1-3H3. The second kappa shape index (κ2) is 7.31. The van der Waals surface area contributed by atoms with Gasteiger partial charge in [-0.15, -0.1) is 0 Å². The molecule has 4 aromatic rings. The second-order valence-electron chi connectivity index (χ2n) is 11.2. The molecule has 2 nitrogen and oxygen atoms in total. The summed E-state index contributed by atoms with van der Waals surface area (Å²) in [6.45, 7) is 7.11. The SMILES string of the molecule is Cc1cc(N2c3ccc(-c4ccc5c(c4)Cc4ccccc4-5)cc3C3(C)CCCCC23C)ccn1. The molecule has 1 aromatic heterocycles. The zero-order valence-corrected chi connectivity index (χ0v) is 20.9. The molecule has 2 heterocycles. The summed E-state index contributed by atoms with van der Waals surface area (Å²) in [5, 5.41) is 0. The molecular weight excluding hydrogens is 424 g/mol. The maximum atomic E-state index is 4.48. The molecule has 2 aliphatic carbocycles. The molecule has 0 amide bonds. The average molecular weight is 457 g/mol. The van der Waals surface area contributed by atoms with E-state index in [9.17, 15) is 0 Å². The third kappa shape index (κ3) is 2.86. The minimum Gasteiger partial charge on any atom is -0.334 e. The van der Waals surface area contributed by atoms with Crippen LogP contribution in [0.1, 0.15) is 61.9 Å². The predicted octanol–water partition coefficient (Wildman–Crippen LogP) is 8.37. The first kappa shape index (κ1) is 20.9. The van der Waals surface area contributed by atoms with Crippen molar-refractivity contribution in [3.05, 3.63) is 101 Å². The van der Waals surface area contributed by atoms with Gasteiger partial charge in [0, 0.05) is 28.7 Å². The van der Waals surface area contributed by atoms with Gasteiger partial charge in [0.2, 0.25) is 0 Å². The predicted molar refractivity (Wildman–Crippen MR) is 145 cm³/mol. The Morgan fingerprint density at radius 2 is 1.54 bits per heavy atom. The Labute approximate surface area is 208 Å². The van der Waals surface area contributed by atoms with Gasteiger partial charge < -0.3 is 4.90 Å². The third-order valence-corrected chi connectivity index (χ3v) is 9.37. The van der Waals surface area contributed by atoms with Crippen LogP contribution in [-0.4, -0.2) is 10.5 Å². The highest BCUT2D eigenvalue weighted by atomic mass is 15.3. The minimum absolute atomic E-state index is 0.0690. The van der Waals surface area contributed by atoms with Gasteiger partial charge in [0.1, 0.15) is 0 Å². The van der Waals surface area contributed by atoms with Crippen LogP contribution in [0.3, 0.4) is 0 Å². The number of benzene rings is 3. The molecule has 3 aliphatic rings. The highest BCUT2D eigenvalue weighted by molar-refractivity contribution is 5.83. The van der Waals surface area contributed by atoms with E-state index in [1.807, 2.05) is 6.20 Å². The Morgan fingerprint density at radius 1 is 0.771 bits per heavy atom. The van der Waals surface area contributed by atoms with E-state index in [1.54, 1.807) is 0 Å². The van der Waals surface area contributed by atoms with E-state index in [1.165, 1.54) is 76.0 Å². The number of pyridine rings is 1. The quantitative estimate of drug-likeness (QED) is 0.265. The zero-order valence-electron chi connectivity index (χ0n) is 20.9. The van der Waals surface area contributed by atoms with Gasteiger partial charge in [-0.1, -0.05) is 68.3 Å². The summed E-state index contributed by atoms with van der Waals surface area (Å²) >= 11 is 0. The molecule has 2 unspecified atom stereocenters. The van der Waals surface area contributed by atoms with E-state index in [0.717, 1.165) is 12.1 Å². The van der Waals surface area contributed by atoms with E-state index in [4.69, 9.17) is 0 Å². The summed E-state index contributed by atoms with van der Waals surface area (Å²) < 4.78 is 0. The average Bonchev–Trinajstić information content (AvgIpc) is 3.33. The molecule has 1 aliphatic heterocycles. The van der Waals surface area contributed by atoms with Crippen LogP contribution in [-0.2, 0) is 11.8 Å². The van der Waals surface area contributed by atoms with Crippen LogP contribution in [0, 0.1) is 6.92 Å². The van der Waals surface area contributed by atoms with Crippen molar-refractivity contribution in [1.82, 2.24) is 4.98 Å². The minimum atomic E-state index is 0.0690. The lowest BCUT2D eigenvalue weighted by Gasteiger charge is -2.50. The second-order valence-corrected chi connectivity index (χ2v) is 11.2. The number of rotatable bonds is 2. The fraction of sp³-hybridized carbons (Fsp3) is 0.303. The van der Waals surface area contributed by atoms with Crippen molar-refractivity contribution >= 4 is 11.4 Å². The smallest absolute Gasteiger partial charge is 0.0517 e. The number of nitrogens with zero attached hydrogens (tertiary/aromatic N) is 2. The van der Waals surface area contributed by atoms with Crippen LogP contribution < -0.4 is 4.90 Å². The first-order valence-corrected chi connectivity index (χ1v) is 13.1. The van der Waals surface area contributed by atoms with E-state index in [2.05, 4.69) is 103 Å². The van der Waals surface area contributed by atoms with Crippen LogP contribution in [0.5, 0.6) is 0 Å². The van der Waals surface area contributed by atoms with Gasteiger partial charge in [-0.2, -0.15) is 0 Å².